The minimum absolute atomic E-state index is 0.302. The minimum atomic E-state index is 0.302. The van der Waals surface area contributed by atoms with Crippen molar-refractivity contribution < 1.29 is 0 Å². The molecular weight excluding hydrogens is 260 g/mol. The molecule has 4 nitrogen and oxygen atoms in total. The Kier molecular flexibility index (Phi) is 4.58. The first-order valence-electron chi connectivity index (χ1n) is 7.31. The standard InChI is InChI=1S/C17H24N4/c1-11(2)17-19-10-16(14(9-18)20-17)21(5)15-7-6-12(3)8-13(15)4/h6-8,10-11H,9,18H2,1-5H3. The van der Waals surface area contributed by atoms with E-state index in [1.807, 2.05) is 13.2 Å². The first-order valence-corrected chi connectivity index (χ1v) is 7.31. The molecule has 112 valence electrons. The van der Waals surface area contributed by atoms with Crippen LogP contribution in [0.25, 0.3) is 0 Å². The van der Waals surface area contributed by atoms with E-state index in [-0.39, 0.29) is 0 Å². The van der Waals surface area contributed by atoms with Crippen LogP contribution in [0, 0.1) is 13.8 Å². The number of aromatic nitrogens is 2. The van der Waals surface area contributed by atoms with Gasteiger partial charge in [0.25, 0.3) is 0 Å². The fraction of sp³-hybridized carbons (Fsp3) is 0.412. The summed E-state index contributed by atoms with van der Waals surface area (Å²) < 4.78 is 0. The molecule has 2 N–H and O–H groups in total. The molecule has 4 heteroatoms. The molecule has 0 aliphatic carbocycles. The van der Waals surface area contributed by atoms with Gasteiger partial charge in [-0.2, -0.15) is 0 Å². The molecule has 0 aliphatic heterocycles. The second-order valence-electron chi connectivity index (χ2n) is 5.77. The van der Waals surface area contributed by atoms with E-state index in [1.54, 1.807) is 0 Å². The monoisotopic (exact) mass is 284 g/mol. The second kappa shape index (κ2) is 6.22. The Hall–Kier alpha value is -1.94. The zero-order valence-electron chi connectivity index (χ0n) is 13.5. The van der Waals surface area contributed by atoms with Crippen molar-refractivity contribution >= 4 is 11.4 Å². The van der Waals surface area contributed by atoms with Crippen molar-refractivity contribution in [3.05, 3.63) is 47.0 Å². The van der Waals surface area contributed by atoms with Crippen LogP contribution in [0.1, 0.15) is 42.4 Å². The summed E-state index contributed by atoms with van der Waals surface area (Å²) in [6, 6.07) is 6.42. The van der Waals surface area contributed by atoms with Crippen LogP contribution in [0.5, 0.6) is 0 Å². The zero-order valence-corrected chi connectivity index (χ0v) is 13.5. The first kappa shape index (κ1) is 15.4. The topological polar surface area (TPSA) is 55.0 Å². The van der Waals surface area contributed by atoms with Crippen molar-refractivity contribution in [2.24, 2.45) is 5.73 Å². The van der Waals surface area contributed by atoms with Crippen LogP contribution in [-0.4, -0.2) is 17.0 Å². The molecule has 0 saturated heterocycles. The third kappa shape index (κ3) is 3.22. The predicted octanol–water partition coefficient (Wildman–Crippen LogP) is 3.44. The number of benzene rings is 1. The Morgan fingerprint density at radius 1 is 1.19 bits per heavy atom. The van der Waals surface area contributed by atoms with Gasteiger partial charge >= 0.3 is 0 Å². The molecule has 0 saturated carbocycles. The second-order valence-corrected chi connectivity index (χ2v) is 5.77. The lowest BCUT2D eigenvalue weighted by Gasteiger charge is -2.24. The van der Waals surface area contributed by atoms with Crippen molar-refractivity contribution in [3.8, 4) is 0 Å². The predicted molar refractivity (Wildman–Crippen MR) is 88.0 cm³/mol. The fourth-order valence-corrected chi connectivity index (χ4v) is 2.45. The lowest BCUT2D eigenvalue weighted by atomic mass is 10.1. The highest BCUT2D eigenvalue weighted by atomic mass is 15.1. The Morgan fingerprint density at radius 2 is 1.90 bits per heavy atom. The quantitative estimate of drug-likeness (QED) is 0.934. The minimum Gasteiger partial charge on any atom is -0.342 e. The number of hydrogen-bond donors (Lipinski definition) is 1. The smallest absolute Gasteiger partial charge is 0.131 e. The molecule has 2 rings (SSSR count). The van der Waals surface area contributed by atoms with E-state index in [4.69, 9.17) is 5.73 Å². The van der Waals surface area contributed by atoms with Crippen molar-refractivity contribution in [2.75, 3.05) is 11.9 Å². The number of anilines is 2. The molecule has 0 atom stereocenters. The summed E-state index contributed by atoms with van der Waals surface area (Å²) >= 11 is 0. The Bertz CT molecular complexity index is 635. The molecular formula is C17H24N4. The maximum atomic E-state index is 5.88. The van der Waals surface area contributed by atoms with E-state index in [0.29, 0.717) is 12.5 Å². The van der Waals surface area contributed by atoms with Gasteiger partial charge in [-0.05, 0) is 25.5 Å². The van der Waals surface area contributed by atoms with E-state index in [1.165, 1.54) is 11.1 Å². The van der Waals surface area contributed by atoms with E-state index in [0.717, 1.165) is 22.9 Å². The third-order valence-corrected chi connectivity index (χ3v) is 3.65. The molecule has 0 radical (unpaired) electrons. The maximum absolute atomic E-state index is 5.88. The van der Waals surface area contributed by atoms with Crippen LogP contribution in [0.2, 0.25) is 0 Å². The molecule has 1 aromatic heterocycles. The summed E-state index contributed by atoms with van der Waals surface area (Å²) in [6.45, 7) is 8.80. The van der Waals surface area contributed by atoms with Crippen LogP contribution in [0.15, 0.2) is 24.4 Å². The number of rotatable bonds is 4. The van der Waals surface area contributed by atoms with E-state index in [9.17, 15) is 0 Å². The molecule has 0 aliphatic rings. The molecule has 1 aromatic carbocycles. The average Bonchev–Trinajstić information content (AvgIpc) is 2.45. The van der Waals surface area contributed by atoms with Crippen LogP contribution in [0.3, 0.4) is 0 Å². The summed E-state index contributed by atoms with van der Waals surface area (Å²) in [4.78, 5) is 11.2. The normalized spacial score (nSPS) is 11.0. The molecule has 0 unspecified atom stereocenters. The number of aryl methyl sites for hydroxylation is 2. The van der Waals surface area contributed by atoms with Gasteiger partial charge in [-0.25, -0.2) is 9.97 Å². The third-order valence-electron chi connectivity index (χ3n) is 3.65. The van der Waals surface area contributed by atoms with Gasteiger partial charge in [0.1, 0.15) is 5.82 Å². The van der Waals surface area contributed by atoms with Crippen molar-refractivity contribution in [3.63, 3.8) is 0 Å². The van der Waals surface area contributed by atoms with Crippen molar-refractivity contribution in [2.45, 2.75) is 40.2 Å². The summed E-state index contributed by atoms with van der Waals surface area (Å²) in [6.07, 6.45) is 1.88. The summed E-state index contributed by atoms with van der Waals surface area (Å²) in [7, 11) is 2.03. The van der Waals surface area contributed by atoms with Crippen LogP contribution >= 0.6 is 0 Å². The van der Waals surface area contributed by atoms with E-state index < -0.39 is 0 Å². The largest absolute Gasteiger partial charge is 0.342 e. The molecule has 0 fully saturated rings. The molecule has 0 amide bonds. The molecule has 0 spiro atoms. The van der Waals surface area contributed by atoms with Gasteiger partial charge < -0.3 is 10.6 Å². The maximum Gasteiger partial charge on any atom is 0.131 e. The summed E-state index contributed by atoms with van der Waals surface area (Å²) in [5.41, 5.74) is 11.4. The van der Waals surface area contributed by atoms with Gasteiger partial charge in [-0.1, -0.05) is 31.5 Å². The number of hydrogen-bond acceptors (Lipinski definition) is 4. The SMILES string of the molecule is Cc1ccc(N(C)c2cnc(C(C)C)nc2CN)c(C)c1. The van der Waals surface area contributed by atoms with Gasteiger partial charge in [0.05, 0.1) is 17.6 Å². The van der Waals surface area contributed by atoms with Gasteiger partial charge in [-0.15, -0.1) is 0 Å². The molecule has 21 heavy (non-hydrogen) atoms. The highest BCUT2D eigenvalue weighted by Crippen LogP contribution is 2.29. The highest BCUT2D eigenvalue weighted by Gasteiger charge is 2.14. The number of nitrogens with two attached hydrogens (primary N) is 1. The first-order chi connectivity index (χ1) is 9.93. The van der Waals surface area contributed by atoms with Gasteiger partial charge in [0.2, 0.25) is 0 Å². The Balaban J connectivity index is 2.45. The summed E-state index contributed by atoms with van der Waals surface area (Å²) in [5.74, 6) is 1.14. The van der Waals surface area contributed by atoms with Crippen LogP contribution < -0.4 is 10.6 Å². The van der Waals surface area contributed by atoms with Crippen LogP contribution in [-0.2, 0) is 6.54 Å². The van der Waals surface area contributed by atoms with Gasteiger partial charge in [-0.3, -0.25) is 0 Å². The van der Waals surface area contributed by atoms with Crippen molar-refractivity contribution in [1.82, 2.24) is 9.97 Å². The van der Waals surface area contributed by atoms with E-state index >= 15 is 0 Å². The molecule has 1 heterocycles. The Morgan fingerprint density at radius 3 is 2.48 bits per heavy atom. The van der Waals surface area contributed by atoms with Gasteiger partial charge in [0, 0.05) is 25.2 Å². The number of nitrogens with zero attached hydrogens (tertiary/aromatic N) is 3. The average molecular weight is 284 g/mol. The lowest BCUT2D eigenvalue weighted by molar-refractivity contribution is 0.754. The van der Waals surface area contributed by atoms with Crippen molar-refractivity contribution in [1.29, 1.82) is 0 Å². The molecule has 0 bridgehead atoms. The summed E-state index contributed by atoms with van der Waals surface area (Å²) in [5, 5.41) is 0. The lowest BCUT2D eigenvalue weighted by Crippen LogP contribution is -2.17. The fourth-order valence-electron chi connectivity index (χ4n) is 2.45. The van der Waals surface area contributed by atoms with Crippen LogP contribution in [0.4, 0.5) is 11.4 Å². The van der Waals surface area contributed by atoms with Gasteiger partial charge in [0.15, 0.2) is 0 Å². The highest BCUT2D eigenvalue weighted by molar-refractivity contribution is 5.67. The Labute approximate surface area is 127 Å². The zero-order chi connectivity index (χ0) is 15.6. The molecule has 2 aromatic rings. The van der Waals surface area contributed by atoms with E-state index in [2.05, 4.69) is 60.8 Å².